The first kappa shape index (κ1) is 17.2. The first-order chi connectivity index (χ1) is 12.7. The first-order valence-corrected chi connectivity index (χ1v) is 9.65. The van der Waals surface area contributed by atoms with Gasteiger partial charge in [0.1, 0.15) is 5.82 Å². The molecule has 0 aromatic heterocycles. The number of hydrogen-bond donors (Lipinski definition) is 0. The van der Waals surface area contributed by atoms with Crippen molar-refractivity contribution < 1.29 is 4.39 Å². The molecule has 0 atom stereocenters. The van der Waals surface area contributed by atoms with E-state index in [9.17, 15) is 4.39 Å². The van der Waals surface area contributed by atoms with E-state index in [0.29, 0.717) is 0 Å². The Morgan fingerprint density at radius 3 is 2.62 bits per heavy atom. The summed E-state index contributed by atoms with van der Waals surface area (Å²) in [5.41, 5.74) is 8.47. The molecule has 2 aliphatic rings. The van der Waals surface area contributed by atoms with E-state index in [2.05, 4.69) is 42.2 Å². The molecule has 1 heterocycles. The third-order valence-corrected chi connectivity index (χ3v) is 5.58. The van der Waals surface area contributed by atoms with E-state index in [-0.39, 0.29) is 5.82 Å². The minimum absolute atomic E-state index is 0.157. The quantitative estimate of drug-likeness (QED) is 0.722. The molecule has 0 bridgehead atoms. The lowest BCUT2D eigenvalue weighted by Gasteiger charge is -2.29. The van der Waals surface area contributed by atoms with Crippen molar-refractivity contribution in [1.82, 2.24) is 4.90 Å². The maximum atomic E-state index is 13.0. The summed E-state index contributed by atoms with van der Waals surface area (Å²) in [5, 5.41) is 0. The molecule has 0 unspecified atom stereocenters. The van der Waals surface area contributed by atoms with Crippen molar-refractivity contribution in [3.05, 3.63) is 88.3 Å². The monoisotopic (exact) mass is 347 g/mol. The molecular formula is C24H26FN. The Kier molecular flexibility index (Phi) is 5.03. The smallest absolute Gasteiger partial charge is 0.123 e. The predicted octanol–water partition coefficient (Wildman–Crippen LogP) is 5.34. The van der Waals surface area contributed by atoms with Crippen LogP contribution < -0.4 is 0 Å². The Bertz CT molecular complexity index is 845. The molecule has 4 rings (SSSR count). The minimum Gasteiger partial charge on any atom is -0.299 e. The van der Waals surface area contributed by atoms with Gasteiger partial charge in [-0.2, -0.15) is 0 Å². The number of rotatable bonds is 4. The van der Waals surface area contributed by atoms with Crippen molar-refractivity contribution in [2.45, 2.75) is 32.6 Å². The van der Waals surface area contributed by atoms with E-state index in [1.807, 2.05) is 12.1 Å². The van der Waals surface area contributed by atoms with E-state index in [4.69, 9.17) is 0 Å². The molecular weight excluding hydrogens is 321 g/mol. The van der Waals surface area contributed by atoms with Crippen molar-refractivity contribution >= 4 is 5.57 Å². The highest BCUT2D eigenvalue weighted by molar-refractivity contribution is 5.82. The Morgan fingerprint density at radius 2 is 1.85 bits per heavy atom. The molecule has 0 fully saturated rings. The van der Waals surface area contributed by atoms with Gasteiger partial charge in [-0.05, 0) is 72.6 Å². The summed E-state index contributed by atoms with van der Waals surface area (Å²) in [6.07, 6.45) is 9.25. The number of benzene rings is 2. The highest BCUT2D eigenvalue weighted by atomic mass is 19.1. The van der Waals surface area contributed by atoms with Gasteiger partial charge < -0.3 is 0 Å². The highest BCUT2D eigenvalue weighted by Gasteiger charge is 2.19. The van der Waals surface area contributed by atoms with E-state index in [1.54, 1.807) is 12.1 Å². The second kappa shape index (κ2) is 7.59. The fourth-order valence-electron chi connectivity index (χ4n) is 4.08. The second-order valence-corrected chi connectivity index (χ2v) is 7.47. The molecule has 2 aromatic rings. The summed E-state index contributed by atoms with van der Waals surface area (Å²) in [6.45, 7) is 5.32. The van der Waals surface area contributed by atoms with Crippen LogP contribution in [0.25, 0.3) is 5.57 Å². The van der Waals surface area contributed by atoms with Crippen LogP contribution in [0, 0.1) is 12.7 Å². The molecule has 0 spiro atoms. The standard InChI is InChI=1S/C24H26FN/c1-18-5-10-24-21(17-18)3-2-4-23(24)20-12-15-26(16-13-20)14-11-19-6-8-22(25)9-7-19/h4-10,12,17H,2-3,11,13-16H2,1H3. The van der Waals surface area contributed by atoms with Crippen LogP contribution in [-0.4, -0.2) is 24.5 Å². The van der Waals surface area contributed by atoms with Crippen LogP contribution in [-0.2, 0) is 12.8 Å². The first-order valence-electron chi connectivity index (χ1n) is 9.65. The maximum absolute atomic E-state index is 13.0. The summed E-state index contributed by atoms with van der Waals surface area (Å²) in [4.78, 5) is 2.49. The van der Waals surface area contributed by atoms with Gasteiger partial charge in [0.05, 0.1) is 0 Å². The fraction of sp³-hybridized carbons (Fsp3) is 0.333. The second-order valence-electron chi connectivity index (χ2n) is 7.47. The molecule has 2 heteroatoms. The highest BCUT2D eigenvalue weighted by Crippen LogP contribution is 2.34. The van der Waals surface area contributed by atoms with Crippen LogP contribution in [0.2, 0.25) is 0 Å². The van der Waals surface area contributed by atoms with E-state index >= 15 is 0 Å². The van der Waals surface area contributed by atoms with Crippen molar-refractivity contribution in [3.8, 4) is 0 Å². The van der Waals surface area contributed by atoms with Crippen LogP contribution >= 0.6 is 0 Å². The Labute approximate surface area is 155 Å². The van der Waals surface area contributed by atoms with Crippen LogP contribution in [0.1, 0.15) is 35.1 Å². The average molecular weight is 347 g/mol. The lowest BCUT2D eigenvalue weighted by molar-refractivity contribution is 0.299. The Balaban J connectivity index is 1.40. The maximum Gasteiger partial charge on any atom is 0.123 e. The van der Waals surface area contributed by atoms with Crippen molar-refractivity contribution in [2.75, 3.05) is 19.6 Å². The summed E-state index contributed by atoms with van der Waals surface area (Å²) >= 11 is 0. The number of hydrogen-bond acceptors (Lipinski definition) is 1. The number of nitrogens with zero attached hydrogens (tertiary/aromatic N) is 1. The number of aryl methyl sites for hydroxylation is 2. The van der Waals surface area contributed by atoms with Gasteiger partial charge in [-0.25, -0.2) is 4.39 Å². The molecule has 134 valence electrons. The van der Waals surface area contributed by atoms with E-state index < -0.39 is 0 Å². The lowest BCUT2D eigenvalue weighted by Crippen LogP contribution is -2.31. The zero-order valence-electron chi connectivity index (χ0n) is 15.5. The van der Waals surface area contributed by atoms with Crippen LogP contribution in [0.3, 0.4) is 0 Å². The van der Waals surface area contributed by atoms with Gasteiger partial charge in [-0.15, -0.1) is 0 Å². The third kappa shape index (κ3) is 3.81. The SMILES string of the molecule is Cc1ccc2c(c1)CCC=C2C1=CCN(CCc2ccc(F)cc2)CC1. The average Bonchev–Trinajstić information content (AvgIpc) is 2.67. The third-order valence-electron chi connectivity index (χ3n) is 5.58. The predicted molar refractivity (Wildman–Crippen MR) is 107 cm³/mol. The zero-order chi connectivity index (χ0) is 17.9. The van der Waals surface area contributed by atoms with Gasteiger partial charge in [0, 0.05) is 19.6 Å². The fourth-order valence-corrected chi connectivity index (χ4v) is 4.08. The van der Waals surface area contributed by atoms with Crippen LogP contribution in [0.4, 0.5) is 4.39 Å². The van der Waals surface area contributed by atoms with E-state index in [1.165, 1.54) is 33.4 Å². The molecule has 1 nitrogen and oxygen atoms in total. The summed E-state index contributed by atoms with van der Waals surface area (Å²) in [7, 11) is 0. The minimum atomic E-state index is -0.157. The van der Waals surface area contributed by atoms with Gasteiger partial charge in [-0.1, -0.05) is 48.0 Å². The van der Waals surface area contributed by atoms with Gasteiger partial charge in [0.25, 0.3) is 0 Å². The van der Waals surface area contributed by atoms with E-state index in [0.717, 1.165) is 45.3 Å². The molecule has 0 saturated carbocycles. The topological polar surface area (TPSA) is 3.24 Å². The van der Waals surface area contributed by atoms with Crippen molar-refractivity contribution in [3.63, 3.8) is 0 Å². The summed E-state index contributed by atoms with van der Waals surface area (Å²) in [5.74, 6) is -0.157. The lowest BCUT2D eigenvalue weighted by atomic mass is 9.84. The summed E-state index contributed by atoms with van der Waals surface area (Å²) < 4.78 is 13.0. The molecule has 2 aromatic carbocycles. The molecule has 0 saturated heterocycles. The number of fused-ring (bicyclic) bond motifs is 1. The molecule has 26 heavy (non-hydrogen) atoms. The molecule has 0 amide bonds. The molecule has 0 radical (unpaired) electrons. The van der Waals surface area contributed by atoms with Gasteiger partial charge in [0.2, 0.25) is 0 Å². The Morgan fingerprint density at radius 1 is 1.00 bits per heavy atom. The van der Waals surface area contributed by atoms with Crippen molar-refractivity contribution in [2.24, 2.45) is 0 Å². The Hall–Kier alpha value is -2.19. The molecule has 0 N–H and O–H groups in total. The largest absolute Gasteiger partial charge is 0.299 e. The van der Waals surface area contributed by atoms with Crippen LogP contribution in [0.15, 0.2) is 60.2 Å². The number of halogens is 1. The zero-order valence-corrected chi connectivity index (χ0v) is 15.5. The van der Waals surface area contributed by atoms with Crippen molar-refractivity contribution in [1.29, 1.82) is 0 Å². The van der Waals surface area contributed by atoms with Crippen LogP contribution in [0.5, 0.6) is 0 Å². The van der Waals surface area contributed by atoms with Gasteiger partial charge in [0.15, 0.2) is 0 Å². The summed E-state index contributed by atoms with van der Waals surface area (Å²) in [6, 6.07) is 13.8. The molecule has 1 aliphatic heterocycles. The van der Waals surface area contributed by atoms with Gasteiger partial charge in [-0.3, -0.25) is 4.90 Å². The number of allylic oxidation sites excluding steroid dienone is 2. The van der Waals surface area contributed by atoms with Gasteiger partial charge >= 0.3 is 0 Å². The normalized spacial score (nSPS) is 17.5. The molecule has 1 aliphatic carbocycles.